The van der Waals surface area contributed by atoms with E-state index in [4.69, 9.17) is 4.74 Å². The lowest BCUT2D eigenvalue weighted by molar-refractivity contribution is -0.146. The highest BCUT2D eigenvalue weighted by atomic mass is 19.3. The lowest BCUT2D eigenvalue weighted by atomic mass is 9.97. The number of pyridine rings is 1. The number of carbonyl (C=O) groups is 1. The van der Waals surface area contributed by atoms with Gasteiger partial charge in [0.25, 0.3) is 5.92 Å². The Kier molecular flexibility index (Phi) is 6.21. The predicted molar refractivity (Wildman–Crippen MR) is 118 cm³/mol. The summed E-state index contributed by atoms with van der Waals surface area (Å²) >= 11 is 0. The zero-order chi connectivity index (χ0) is 22.9. The fraction of sp³-hybridized carbons (Fsp3) is 0.435. The number of aryl methyl sites for hydroxylation is 1. The van der Waals surface area contributed by atoms with Crippen LogP contribution in [0.5, 0.6) is 0 Å². The number of anilines is 1. The third-order valence-corrected chi connectivity index (χ3v) is 5.69. The van der Waals surface area contributed by atoms with E-state index in [2.05, 4.69) is 15.3 Å². The van der Waals surface area contributed by atoms with Gasteiger partial charge < -0.3 is 19.5 Å². The lowest BCUT2D eigenvalue weighted by Crippen LogP contribution is -2.31. The van der Waals surface area contributed by atoms with Crippen LogP contribution in [0.25, 0.3) is 11.0 Å². The van der Waals surface area contributed by atoms with Crippen LogP contribution in [0.4, 0.5) is 14.5 Å². The Morgan fingerprint density at radius 1 is 1.31 bits per heavy atom. The summed E-state index contributed by atoms with van der Waals surface area (Å²) in [5, 5.41) is 3.01. The molecule has 2 atom stereocenters. The molecule has 32 heavy (non-hydrogen) atoms. The number of carbonyl (C=O) groups excluding carboxylic acids is 1. The van der Waals surface area contributed by atoms with Crippen molar-refractivity contribution in [2.45, 2.75) is 30.8 Å². The molecule has 1 aromatic carbocycles. The first-order chi connectivity index (χ1) is 15.2. The van der Waals surface area contributed by atoms with Gasteiger partial charge in [-0.3, -0.25) is 9.78 Å². The number of nitrogens with zero attached hydrogens (tertiary/aromatic N) is 4. The van der Waals surface area contributed by atoms with Crippen LogP contribution in [0.2, 0.25) is 0 Å². The molecule has 2 aromatic heterocycles. The van der Waals surface area contributed by atoms with Crippen LogP contribution in [-0.4, -0.2) is 58.5 Å². The van der Waals surface area contributed by atoms with Gasteiger partial charge in [0.1, 0.15) is 12.1 Å². The molecule has 0 saturated carbocycles. The number of fused-ring (bicyclic) bond motifs is 1. The van der Waals surface area contributed by atoms with Crippen molar-refractivity contribution in [3.63, 3.8) is 0 Å². The summed E-state index contributed by atoms with van der Waals surface area (Å²) in [5.41, 5.74) is 3.65. The molecule has 0 aliphatic carbocycles. The summed E-state index contributed by atoms with van der Waals surface area (Å²) in [6.07, 6.45) is 2.90. The monoisotopic (exact) mass is 443 g/mol. The van der Waals surface area contributed by atoms with Crippen molar-refractivity contribution in [2.24, 2.45) is 7.05 Å². The maximum absolute atomic E-state index is 13.4. The standard InChI is InChI=1S/C23H27F2N5O2/c1-29(2)12-16(22(31)28-18-5-4-6-19-21(18)27-14-30(19)3)15-7-8-17(26-11-15)20-9-10-23(24,25)13-32-20/h4-8,11,14,16,20H,9-10,12-13H2,1-3H3,(H,28,31). The van der Waals surface area contributed by atoms with Crippen molar-refractivity contribution in [2.75, 3.05) is 32.6 Å². The normalized spacial score (nSPS) is 19.2. The van der Waals surface area contributed by atoms with Crippen molar-refractivity contribution in [3.05, 3.63) is 54.1 Å². The summed E-state index contributed by atoms with van der Waals surface area (Å²) in [6.45, 7) is -0.108. The molecule has 4 rings (SSSR count). The highest BCUT2D eigenvalue weighted by Crippen LogP contribution is 2.35. The van der Waals surface area contributed by atoms with E-state index in [1.54, 1.807) is 18.6 Å². The molecular weight excluding hydrogens is 416 g/mol. The molecule has 1 saturated heterocycles. The Bertz CT molecular complexity index is 1090. The van der Waals surface area contributed by atoms with Crippen LogP contribution in [0.1, 0.15) is 36.1 Å². The first kappa shape index (κ1) is 22.3. The Balaban J connectivity index is 1.53. The Hall–Kier alpha value is -2.91. The van der Waals surface area contributed by atoms with Crippen LogP contribution in [0.3, 0.4) is 0 Å². The quantitative estimate of drug-likeness (QED) is 0.629. The first-order valence-electron chi connectivity index (χ1n) is 10.5. The number of benzene rings is 1. The molecule has 3 aromatic rings. The molecule has 0 bridgehead atoms. The smallest absolute Gasteiger partial charge is 0.271 e. The molecular formula is C23H27F2N5O2. The zero-order valence-electron chi connectivity index (χ0n) is 18.4. The number of aromatic nitrogens is 3. The molecule has 1 aliphatic rings. The summed E-state index contributed by atoms with van der Waals surface area (Å²) in [7, 11) is 5.70. The third-order valence-electron chi connectivity index (χ3n) is 5.69. The summed E-state index contributed by atoms with van der Waals surface area (Å²) < 4.78 is 33.9. The molecule has 0 spiro atoms. The average Bonchev–Trinajstić information content (AvgIpc) is 3.14. The van der Waals surface area contributed by atoms with Crippen molar-refractivity contribution in [1.82, 2.24) is 19.4 Å². The number of para-hydroxylation sites is 1. The van der Waals surface area contributed by atoms with Crippen LogP contribution in [-0.2, 0) is 16.6 Å². The van der Waals surface area contributed by atoms with Crippen LogP contribution in [0, 0.1) is 0 Å². The van der Waals surface area contributed by atoms with E-state index in [9.17, 15) is 13.6 Å². The molecule has 1 N–H and O–H groups in total. The third kappa shape index (κ3) is 4.78. The highest BCUT2D eigenvalue weighted by Gasteiger charge is 2.37. The summed E-state index contributed by atoms with van der Waals surface area (Å²) in [6, 6.07) is 9.25. The van der Waals surface area contributed by atoms with Crippen molar-refractivity contribution < 1.29 is 18.3 Å². The van der Waals surface area contributed by atoms with Gasteiger partial charge in [-0.15, -0.1) is 0 Å². The molecule has 1 fully saturated rings. The van der Waals surface area contributed by atoms with Gasteiger partial charge in [0.15, 0.2) is 0 Å². The molecule has 3 heterocycles. The van der Waals surface area contributed by atoms with E-state index in [1.807, 2.05) is 54.9 Å². The molecule has 1 aliphatic heterocycles. The second-order valence-electron chi connectivity index (χ2n) is 8.54. The van der Waals surface area contributed by atoms with E-state index in [0.29, 0.717) is 17.9 Å². The van der Waals surface area contributed by atoms with Crippen molar-refractivity contribution in [1.29, 1.82) is 0 Å². The van der Waals surface area contributed by atoms with Gasteiger partial charge in [0.2, 0.25) is 5.91 Å². The van der Waals surface area contributed by atoms with Crippen molar-refractivity contribution >= 4 is 22.6 Å². The van der Waals surface area contributed by atoms with Gasteiger partial charge in [-0.25, -0.2) is 13.8 Å². The number of likely N-dealkylation sites (N-methyl/N-ethyl adjacent to an activating group) is 1. The molecule has 0 radical (unpaired) electrons. The van der Waals surface area contributed by atoms with Crippen molar-refractivity contribution in [3.8, 4) is 0 Å². The first-order valence-corrected chi connectivity index (χ1v) is 10.5. The number of nitrogens with one attached hydrogen (secondary N) is 1. The maximum Gasteiger partial charge on any atom is 0.271 e. The fourth-order valence-electron chi connectivity index (χ4n) is 3.95. The molecule has 170 valence electrons. The van der Waals surface area contributed by atoms with E-state index >= 15 is 0 Å². The minimum Gasteiger partial charge on any atom is -0.366 e. The highest BCUT2D eigenvalue weighted by molar-refractivity contribution is 6.02. The number of halogens is 2. The van der Waals surface area contributed by atoms with Gasteiger partial charge >= 0.3 is 0 Å². The van der Waals surface area contributed by atoms with Gasteiger partial charge in [0.05, 0.1) is 35.2 Å². The SMILES string of the molecule is CN(C)CC(C(=O)Nc1cccc2c1ncn2C)c1ccc(C2CCC(F)(F)CO2)nc1. The molecule has 1 amide bonds. The second-order valence-corrected chi connectivity index (χ2v) is 8.54. The number of imidazole rings is 1. The van der Waals surface area contributed by atoms with Gasteiger partial charge in [-0.2, -0.15) is 0 Å². The van der Waals surface area contributed by atoms with E-state index in [0.717, 1.165) is 16.6 Å². The summed E-state index contributed by atoms with van der Waals surface area (Å²) in [5.74, 6) is -3.41. The van der Waals surface area contributed by atoms with Crippen LogP contribution >= 0.6 is 0 Å². The number of hydrogen-bond acceptors (Lipinski definition) is 5. The number of alkyl halides is 2. The van der Waals surface area contributed by atoms with Gasteiger partial charge in [-0.1, -0.05) is 12.1 Å². The van der Waals surface area contributed by atoms with E-state index in [1.165, 1.54) is 0 Å². The van der Waals surface area contributed by atoms with Crippen LogP contribution in [0.15, 0.2) is 42.9 Å². The summed E-state index contributed by atoms with van der Waals surface area (Å²) in [4.78, 5) is 24.0. The number of hydrogen-bond donors (Lipinski definition) is 1. The van der Waals surface area contributed by atoms with Gasteiger partial charge in [-0.05, 0) is 44.3 Å². The molecule has 7 nitrogen and oxygen atoms in total. The predicted octanol–water partition coefficient (Wildman–Crippen LogP) is 3.74. The topological polar surface area (TPSA) is 72.3 Å². The molecule has 9 heteroatoms. The Labute approximate surface area is 185 Å². The lowest BCUT2D eigenvalue weighted by Gasteiger charge is -2.28. The second kappa shape index (κ2) is 8.91. The Morgan fingerprint density at radius 2 is 2.12 bits per heavy atom. The van der Waals surface area contributed by atoms with Gasteiger partial charge in [0, 0.05) is 26.2 Å². The minimum absolute atomic E-state index is 0.167. The molecule has 2 unspecified atom stereocenters. The Morgan fingerprint density at radius 3 is 2.78 bits per heavy atom. The average molecular weight is 443 g/mol. The zero-order valence-corrected chi connectivity index (χ0v) is 18.4. The number of rotatable bonds is 6. The largest absolute Gasteiger partial charge is 0.366 e. The maximum atomic E-state index is 13.4. The fourth-order valence-corrected chi connectivity index (χ4v) is 3.95. The number of ether oxygens (including phenoxy) is 1. The minimum atomic E-state index is -2.78. The van der Waals surface area contributed by atoms with Crippen LogP contribution < -0.4 is 5.32 Å². The van der Waals surface area contributed by atoms with E-state index < -0.39 is 24.6 Å². The van der Waals surface area contributed by atoms with E-state index in [-0.39, 0.29) is 18.7 Å². The number of amides is 1.